The fourth-order valence-corrected chi connectivity index (χ4v) is 4.95. The van der Waals surface area contributed by atoms with E-state index >= 15 is 0 Å². The number of benzene rings is 3. The number of carbonyl (C=O) groups is 1. The fraction of sp³-hybridized carbons (Fsp3) is 0.241. The number of aromatic nitrogens is 2. The average Bonchev–Trinajstić information content (AvgIpc) is 3.36. The lowest BCUT2D eigenvalue weighted by Gasteiger charge is -2.28. The molecule has 0 saturated heterocycles. The summed E-state index contributed by atoms with van der Waals surface area (Å²) in [6.45, 7) is 4.55. The lowest BCUT2D eigenvalue weighted by molar-refractivity contribution is 0.0956. The van der Waals surface area contributed by atoms with Gasteiger partial charge < -0.3 is 14.8 Å². The van der Waals surface area contributed by atoms with E-state index in [9.17, 15) is 13.6 Å². The smallest absolute Gasteiger partial charge is 0.251 e. The van der Waals surface area contributed by atoms with E-state index in [4.69, 9.17) is 9.47 Å². The summed E-state index contributed by atoms with van der Waals surface area (Å²) in [5.41, 5.74) is 2.54. The molecule has 0 radical (unpaired) electrons. The molecule has 1 heterocycles. The topological polar surface area (TPSA) is 65.4 Å². The van der Waals surface area contributed by atoms with Crippen LogP contribution in [0.25, 0.3) is 5.69 Å². The number of hydrogen-bond donors (Lipinski definition) is 1. The maximum absolute atomic E-state index is 13.8. The Morgan fingerprint density at radius 2 is 1.58 bits per heavy atom. The molecule has 0 unspecified atom stereocenters. The van der Waals surface area contributed by atoms with Crippen LogP contribution in [0.2, 0.25) is 0 Å². The van der Waals surface area contributed by atoms with Crippen LogP contribution in [-0.2, 0) is 5.41 Å². The van der Waals surface area contributed by atoms with Crippen molar-refractivity contribution in [2.75, 3.05) is 26.5 Å². The molecule has 0 bridgehead atoms. The van der Waals surface area contributed by atoms with Gasteiger partial charge in [0.15, 0.2) is 16.7 Å². The van der Waals surface area contributed by atoms with E-state index in [-0.39, 0.29) is 11.7 Å². The third-order valence-corrected chi connectivity index (χ3v) is 7.24. The summed E-state index contributed by atoms with van der Waals surface area (Å²) in [6, 6.07) is 17.5. The lowest BCUT2D eigenvalue weighted by Crippen LogP contribution is -2.26. The molecule has 1 aromatic heterocycles. The Labute approximate surface area is 225 Å². The summed E-state index contributed by atoms with van der Waals surface area (Å²) in [5.74, 6) is 0.809. The predicted octanol–water partition coefficient (Wildman–Crippen LogP) is 6.02. The Balaban J connectivity index is 1.59. The number of carbonyl (C=O) groups excluding carboxylic acids is 1. The first-order chi connectivity index (χ1) is 18.2. The largest absolute Gasteiger partial charge is 0.493 e. The Morgan fingerprint density at radius 1 is 0.947 bits per heavy atom. The molecule has 6 nitrogen and oxygen atoms in total. The molecular formula is C29H29F2N3O3S. The highest BCUT2D eigenvalue weighted by Crippen LogP contribution is 2.39. The van der Waals surface area contributed by atoms with Gasteiger partial charge in [-0.15, -0.1) is 0 Å². The van der Waals surface area contributed by atoms with Crippen LogP contribution in [0.3, 0.4) is 0 Å². The molecule has 4 aromatic rings. The van der Waals surface area contributed by atoms with Gasteiger partial charge in [-0.25, -0.2) is 13.8 Å². The quantitative estimate of drug-likeness (QED) is 0.198. The van der Waals surface area contributed by atoms with Gasteiger partial charge in [-0.3, -0.25) is 9.36 Å². The maximum Gasteiger partial charge on any atom is 0.251 e. The minimum absolute atomic E-state index is 0.275. The third kappa shape index (κ3) is 5.83. The van der Waals surface area contributed by atoms with Gasteiger partial charge in [0.2, 0.25) is 0 Å². The SMILES string of the molecule is COc1ccc(C(C)(C)c2cnc(SCCNC(=O)c3ccc(F)cc3)n2-c2ccc(F)cc2)cc1OC. The van der Waals surface area contributed by atoms with Crippen molar-refractivity contribution in [2.45, 2.75) is 24.4 Å². The molecule has 0 aliphatic carbocycles. The van der Waals surface area contributed by atoms with Crippen molar-refractivity contribution in [3.63, 3.8) is 0 Å². The van der Waals surface area contributed by atoms with Gasteiger partial charge in [-0.1, -0.05) is 31.7 Å². The van der Waals surface area contributed by atoms with Gasteiger partial charge in [0, 0.05) is 29.0 Å². The number of imidazole rings is 1. The van der Waals surface area contributed by atoms with E-state index < -0.39 is 11.2 Å². The van der Waals surface area contributed by atoms with E-state index in [2.05, 4.69) is 24.1 Å². The van der Waals surface area contributed by atoms with Crippen LogP contribution in [-0.4, -0.2) is 42.0 Å². The van der Waals surface area contributed by atoms with Crippen molar-refractivity contribution in [1.82, 2.24) is 14.9 Å². The zero-order valence-corrected chi connectivity index (χ0v) is 22.4. The Hall–Kier alpha value is -3.85. The summed E-state index contributed by atoms with van der Waals surface area (Å²) in [6.07, 6.45) is 1.82. The minimum atomic E-state index is -0.503. The molecule has 38 heavy (non-hydrogen) atoms. The summed E-state index contributed by atoms with van der Waals surface area (Å²) in [7, 11) is 3.19. The van der Waals surface area contributed by atoms with Crippen molar-refractivity contribution in [3.05, 3.63) is 101 Å². The monoisotopic (exact) mass is 537 g/mol. The number of thioether (sulfide) groups is 1. The number of rotatable bonds is 10. The highest BCUT2D eigenvalue weighted by molar-refractivity contribution is 7.99. The highest BCUT2D eigenvalue weighted by Gasteiger charge is 2.30. The van der Waals surface area contributed by atoms with Crippen molar-refractivity contribution in [2.24, 2.45) is 0 Å². The van der Waals surface area contributed by atoms with E-state index in [1.165, 1.54) is 48.2 Å². The summed E-state index contributed by atoms with van der Waals surface area (Å²) < 4.78 is 39.8. The summed E-state index contributed by atoms with van der Waals surface area (Å²) >= 11 is 1.47. The highest BCUT2D eigenvalue weighted by atomic mass is 32.2. The van der Waals surface area contributed by atoms with E-state index in [1.54, 1.807) is 26.4 Å². The van der Waals surface area contributed by atoms with Crippen molar-refractivity contribution in [3.8, 4) is 17.2 Å². The normalized spacial score (nSPS) is 11.3. The standard InChI is InChI=1S/C29H29F2N3O3S/c1-29(2,20-7-14-24(36-3)25(17-20)37-4)26-18-33-28(34(26)23-12-10-22(31)11-13-23)38-16-15-32-27(35)19-5-8-21(30)9-6-19/h5-14,17-18H,15-16H2,1-4H3,(H,32,35). The molecule has 9 heteroatoms. The van der Waals surface area contributed by atoms with Crippen LogP contribution in [0.4, 0.5) is 8.78 Å². The second-order valence-corrected chi connectivity index (χ2v) is 10.1. The Morgan fingerprint density at radius 3 is 2.21 bits per heavy atom. The zero-order valence-electron chi connectivity index (χ0n) is 21.6. The number of halogens is 2. The lowest BCUT2D eigenvalue weighted by atomic mass is 9.81. The van der Waals surface area contributed by atoms with Crippen molar-refractivity contribution >= 4 is 17.7 Å². The van der Waals surface area contributed by atoms with Crippen molar-refractivity contribution in [1.29, 1.82) is 0 Å². The molecule has 1 amide bonds. The number of nitrogens with one attached hydrogen (secondary N) is 1. The zero-order chi connectivity index (χ0) is 27.3. The molecule has 198 valence electrons. The third-order valence-electron chi connectivity index (χ3n) is 6.29. The number of nitrogens with zero attached hydrogens (tertiary/aromatic N) is 2. The summed E-state index contributed by atoms with van der Waals surface area (Å²) in [5, 5.41) is 3.55. The van der Waals surface area contributed by atoms with Gasteiger partial charge in [-0.2, -0.15) is 0 Å². The maximum atomic E-state index is 13.8. The van der Waals surface area contributed by atoms with E-state index in [1.807, 2.05) is 29.0 Å². The van der Waals surface area contributed by atoms with Gasteiger partial charge in [0.25, 0.3) is 5.91 Å². The number of amides is 1. The van der Waals surface area contributed by atoms with E-state index in [0.717, 1.165) is 16.9 Å². The first-order valence-electron chi connectivity index (χ1n) is 12.0. The van der Waals surface area contributed by atoms with Gasteiger partial charge in [0.1, 0.15) is 11.6 Å². The van der Waals surface area contributed by atoms with Crippen LogP contribution < -0.4 is 14.8 Å². The number of methoxy groups -OCH3 is 2. The summed E-state index contributed by atoms with van der Waals surface area (Å²) in [4.78, 5) is 17.0. The van der Waals surface area contributed by atoms with Crippen LogP contribution in [0, 0.1) is 11.6 Å². The molecule has 1 N–H and O–H groups in total. The molecule has 4 rings (SSSR count). The molecule has 0 spiro atoms. The molecule has 0 aliphatic heterocycles. The molecule has 0 saturated carbocycles. The molecule has 0 aliphatic rings. The molecule has 3 aromatic carbocycles. The Bertz CT molecular complexity index is 1400. The van der Waals surface area contributed by atoms with Crippen LogP contribution in [0.1, 0.15) is 35.5 Å². The molecular weight excluding hydrogens is 508 g/mol. The number of ether oxygens (including phenoxy) is 2. The van der Waals surface area contributed by atoms with Crippen LogP contribution in [0.5, 0.6) is 11.5 Å². The van der Waals surface area contributed by atoms with E-state index in [0.29, 0.717) is 34.5 Å². The first kappa shape index (κ1) is 27.2. The Kier molecular flexibility index (Phi) is 8.36. The number of hydrogen-bond acceptors (Lipinski definition) is 5. The van der Waals surface area contributed by atoms with Crippen LogP contribution in [0.15, 0.2) is 78.1 Å². The fourth-order valence-electron chi connectivity index (χ4n) is 4.10. The van der Waals surface area contributed by atoms with Gasteiger partial charge >= 0.3 is 0 Å². The predicted molar refractivity (Wildman–Crippen MR) is 145 cm³/mol. The second-order valence-electron chi connectivity index (χ2n) is 9.04. The molecule has 0 atom stereocenters. The van der Waals surface area contributed by atoms with Gasteiger partial charge in [-0.05, 0) is 66.2 Å². The first-order valence-corrected chi connectivity index (χ1v) is 13.0. The average molecular weight is 538 g/mol. The van der Waals surface area contributed by atoms with Gasteiger partial charge in [0.05, 0.1) is 26.1 Å². The second kappa shape index (κ2) is 11.7. The molecule has 0 fully saturated rings. The van der Waals surface area contributed by atoms with Crippen molar-refractivity contribution < 1.29 is 23.0 Å². The minimum Gasteiger partial charge on any atom is -0.493 e. The van der Waals surface area contributed by atoms with Crippen LogP contribution >= 0.6 is 11.8 Å².